The first-order valence-corrected chi connectivity index (χ1v) is 9.82. The van der Waals surface area contributed by atoms with Crippen molar-refractivity contribution in [3.8, 4) is 0 Å². The van der Waals surface area contributed by atoms with Crippen molar-refractivity contribution in [2.75, 3.05) is 13.2 Å². The second kappa shape index (κ2) is 8.00. The molecule has 0 heterocycles. The summed E-state index contributed by atoms with van der Waals surface area (Å²) in [5.41, 5.74) is 0. The maximum atomic E-state index is 12.8. The van der Waals surface area contributed by atoms with E-state index >= 15 is 0 Å². The monoisotopic (exact) mass is 392 g/mol. The molecule has 0 spiro atoms. The standard InChI is InChI=1S/C15H14F2O6S2/c16-12-2-6-14(7-3-12)24(18,19)22-10-1-11-23-25(20,21)15-8-4-13(17)5-9-15/h2-9H,1,10-11H2. The third-order valence-corrected chi connectivity index (χ3v) is 5.62. The molecule has 6 nitrogen and oxygen atoms in total. The summed E-state index contributed by atoms with van der Waals surface area (Å²) >= 11 is 0. The Bertz CT molecular complexity index is 830. The molecule has 136 valence electrons. The molecule has 0 aliphatic heterocycles. The van der Waals surface area contributed by atoms with Gasteiger partial charge < -0.3 is 0 Å². The minimum Gasteiger partial charge on any atom is -0.266 e. The van der Waals surface area contributed by atoms with Crippen molar-refractivity contribution in [3.05, 3.63) is 60.2 Å². The highest BCUT2D eigenvalue weighted by Gasteiger charge is 2.17. The van der Waals surface area contributed by atoms with Crippen LogP contribution in [0.4, 0.5) is 8.78 Å². The number of hydrogen-bond donors (Lipinski definition) is 0. The maximum Gasteiger partial charge on any atom is 0.296 e. The van der Waals surface area contributed by atoms with Crippen molar-refractivity contribution in [1.82, 2.24) is 0 Å². The summed E-state index contributed by atoms with van der Waals surface area (Å²) in [7, 11) is -8.13. The Morgan fingerprint density at radius 1 is 0.640 bits per heavy atom. The lowest BCUT2D eigenvalue weighted by atomic mass is 10.4. The Morgan fingerprint density at radius 2 is 0.960 bits per heavy atom. The zero-order chi connectivity index (χ0) is 18.5. The smallest absolute Gasteiger partial charge is 0.266 e. The Kier molecular flexibility index (Phi) is 6.22. The molecule has 0 unspecified atom stereocenters. The summed E-state index contributed by atoms with van der Waals surface area (Å²) in [5, 5.41) is 0. The molecule has 0 amide bonds. The molecule has 0 saturated heterocycles. The van der Waals surface area contributed by atoms with E-state index in [0.29, 0.717) is 0 Å². The predicted octanol–water partition coefficient (Wildman–Crippen LogP) is 2.47. The maximum absolute atomic E-state index is 12.8. The number of halogens is 2. The van der Waals surface area contributed by atoms with Gasteiger partial charge in [0.1, 0.15) is 11.6 Å². The van der Waals surface area contributed by atoms with Gasteiger partial charge in [-0.3, -0.25) is 8.37 Å². The SMILES string of the molecule is O=S(=O)(OCCCOS(=O)(=O)c1ccc(F)cc1)c1ccc(F)cc1. The molecule has 10 heteroatoms. The minimum absolute atomic E-state index is 0.0269. The molecule has 0 radical (unpaired) electrons. The fourth-order valence-corrected chi connectivity index (χ4v) is 3.62. The summed E-state index contributed by atoms with van der Waals surface area (Å²) in [4.78, 5) is -0.428. The van der Waals surface area contributed by atoms with Crippen LogP contribution in [-0.2, 0) is 28.6 Å². The molecular formula is C15H14F2O6S2. The van der Waals surface area contributed by atoms with Crippen molar-refractivity contribution < 1.29 is 34.0 Å². The number of rotatable bonds is 8. The van der Waals surface area contributed by atoms with E-state index in [1.807, 2.05) is 0 Å². The second-order valence-electron chi connectivity index (χ2n) is 4.81. The molecule has 0 atom stereocenters. The summed E-state index contributed by atoms with van der Waals surface area (Å²) in [6.45, 7) is -0.642. The van der Waals surface area contributed by atoms with Crippen molar-refractivity contribution in [3.63, 3.8) is 0 Å². The lowest BCUT2D eigenvalue weighted by molar-refractivity contribution is 0.254. The zero-order valence-corrected chi connectivity index (χ0v) is 14.4. The Balaban J connectivity index is 1.83. The molecule has 0 aliphatic carbocycles. The lowest BCUT2D eigenvalue weighted by Crippen LogP contribution is -2.12. The average molecular weight is 392 g/mol. The van der Waals surface area contributed by atoms with Crippen LogP contribution in [0.25, 0.3) is 0 Å². The normalized spacial score (nSPS) is 12.2. The van der Waals surface area contributed by atoms with Crippen LogP contribution in [0.15, 0.2) is 58.3 Å². The molecular weight excluding hydrogens is 378 g/mol. The number of benzene rings is 2. The zero-order valence-electron chi connectivity index (χ0n) is 12.8. The number of hydrogen-bond acceptors (Lipinski definition) is 6. The molecule has 2 aromatic rings. The molecule has 0 aliphatic rings. The van der Waals surface area contributed by atoms with Crippen LogP contribution in [0.3, 0.4) is 0 Å². The van der Waals surface area contributed by atoms with Gasteiger partial charge in [-0.2, -0.15) is 16.8 Å². The molecule has 0 saturated carbocycles. The van der Waals surface area contributed by atoms with Gasteiger partial charge in [0.2, 0.25) is 0 Å². The van der Waals surface area contributed by atoms with E-state index in [1.54, 1.807) is 0 Å². The fraction of sp³-hybridized carbons (Fsp3) is 0.200. The highest BCUT2D eigenvalue weighted by molar-refractivity contribution is 7.87. The third kappa shape index (κ3) is 5.56. The van der Waals surface area contributed by atoms with E-state index in [0.717, 1.165) is 48.5 Å². The van der Waals surface area contributed by atoms with Gasteiger partial charge in [0, 0.05) is 0 Å². The van der Waals surface area contributed by atoms with Crippen LogP contribution < -0.4 is 0 Å². The van der Waals surface area contributed by atoms with E-state index < -0.39 is 31.9 Å². The average Bonchev–Trinajstić information content (AvgIpc) is 2.55. The van der Waals surface area contributed by atoms with Crippen LogP contribution in [0.1, 0.15) is 6.42 Å². The Hall–Kier alpha value is -1.88. The summed E-state index contributed by atoms with van der Waals surface area (Å²) in [5.74, 6) is -1.17. The Labute approximate surface area is 144 Å². The lowest BCUT2D eigenvalue weighted by Gasteiger charge is -2.07. The van der Waals surface area contributed by atoms with E-state index in [1.165, 1.54) is 0 Å². The quantitative estimate of drug-likeness (QED) is 0.507. The molecule has 0 aromatic heterocycles. The van der Waals surface area contributed by atoms with Crippen LogP contribution in [0.5, 0.6) is 0 Å². The largest absolute Gasteiger partial charge is 0.296 e. The van der Waals surface area contributed by atoms with Crippen LogP contribution in [0.2, 0.25) is 0 Å². The van der Waals surface area contributed by atoms with Gasteiger partial charge in [-0.25, -0.2) is 8.78 Å². The van der Waals surface area contributed by atoms with Gasteiger partial charge >= 0.3 is 0 Å². The summed E-state index contributed by atoms with van der Waals surface area (Å²) in [6.07, 6.45) is -0.0269. The first kappa shape index (κ1) is 19.4. The molecule has 2 rings (SSSR count). The Morgan fingerprint density at radius 3 is 1.28 bits per heavy atom. The molecule has 25 heavy (non-hydrogen) atoms. The van der Waals surface area contributed by atoms with Crippen molar-refractivity contribution in [1.29, 1.82) is 0 Å². The highest BCUT2D eigenvalue weighted by Crippen LogP contribution is 2.15. The van der Waals surface area contributed by atoms with Gasteiger partial charge in [0.15, 0.2) is 0 Å². The highest BCUT2D eigenvalue weighted by atomic mass is 32.2. The third-order valence-electron chi connectivity index (χ3n) is 2.97. The minimum atomic E-state index is -4.06. The van der Waals surface area contributed by atoms with Gasteiger partial charge in [0.25, 0.3) is 20.2 Å². The van der Waals surface area contributed by atoms with E-state index in [-0.39, 0.29) is 29.4 Å². The van der Waals surface area contributed by atoms with Crippen LogP contribution >= 0.6 is 0 Å². The van der Waals surface area contributed by atoms with Crippen molar-refractivity contribution >= 4 is 20.2 Å². The van der Waals surface area contributed by atoms with Gasteiger partial charge in [0.05, 0.1) is 23.0 Å². The van der Waals surface area contributed by atoms with Gasteiger partial charge in [-0.05, 0) is 55.0 Å². The van der Waals surface area contributed by atoms with Gasteiger partial charge in [-0.1, -0.05) is 0 Å². The molecule has 0 N–H and O–H groups in total. The second-order valence-corrected chi connectivity index (χ2v) is 8.04. The van der Waals surface area contributed by atoms with Crippen molar-refractivity contribution in [2.45, 2.75) is 16.2 Å². The van der Waals surface area contributed by atoms with Crippen molar-refractivity contribution in [2.24, 2.45) is 0 Å². The summed E-state index contributed by atoms with van der Waals surface area (Å²) < 4.78 is 82.2. The molecule has 0 bridgehead atoms. The first-order valence-electron chi connectivity index (χ1n) is 7.01. The topological polar surface area (TPSA) is 86.7 Å². The van der Waals surface area contributed by atoms with E-state index in [9.17, 15) is 25.6 Å². The van der Waals surface area contributed by atoms with E-state index in [2.05, 4.69) is 0 Å². The molecule has 0 fully saturated rings. The predicted molar refractivity (Wildman–Crippen MR) is 83.7 cm³/mol. The van der Waals surface area contributed by atoms with Crippen LogP contribution in [0, 0.1) is 11.6 Å². The van der Waals surface area contributed by atoms with Crippen LogP contribution in [-0.4, -0.2) is 30.0 Å². The fourth-order valence-electron chi connectivity index (χ4n) is 1.73. The van der Waals surface area contributed by atoms with Gasteiger partial charge in [-0.15, -0.1) is 0 Å². The molecule has 2 aromatic carbocycles. The first-order chi connectivity index (χ1) is 11.7. The van der Waals surface area contributed by atoms with E-state index in [4.69, 9.17) is 8.37 Å². The summed E-state index contributed by atoms with van der Waals surface area (Å²) in [6, 6.07) is 8.15.